The number of rotatable bonds is 2. The number of carbonyl (C=O) groups excluding carboxylic acids is 1. The molecule has 2 aliphatic carbocycles. The van der Waals surface area contributed by atoms with Crippen molar-refractivity contribution in [2.75, 3.05) is 7.11 Å². The van der Waals surface area contributed by atoms with Crippen LogP contribution < -0.4 is 0 Å². The van der Waals surface area contributed by atoms with E-state index in [-0.39, 0.29) is 5.97 Å². The maximum absolute atomic E-state index is 11.8. The van der Waals surface area contributed by atoms with Crippen molar-refractivity contribution in [3.05, 3.63) is 34.9 Å². The molecule has 1 saturated carbocycles. The van der Waals surface area contributed by atoms with E-state index in [1.807, 2.05) is 12.1 Å². The van der Waals surface area contributed by atoms with Gasteiger partial charge in [0.25, 0.3) is 0 Å². The van der Waals surface area contributed by atoms with Gasteiger partial charge < -0.3 is 9.94 Å². The van der Waals surface area contributed by atoms with Gasteiger partial charge in [-0.15, -0.1) is 0 Å². The fourth-order valence-electron chi connectivity index (χ4n) is 2.80. The first kappa shape index (κ1) is 11.3. The molecule has 4 heteroatoms. The van der Waals surface area contributed by atoms with Crippen LogP contribution in [0.1, 0.15) is 36.0 Å². The molecule has 0 heterocycles. The Bertz CT molecular complexity index is 544. The Morgan fingerprint density at radius 1 is 1.39 bits per heavy atom. The van der Waals surface area contributed by atoms with E-state index in [1.54, 1.807) is 0 Å². The number of benzene rings is 1. The molecule has 0 saturated heterocycles. The third-order valence-electron chi connectivity index (χ3n) is 4.05. The molecule has 1 aromatic carbocycles. The van der Waals surface area contributed by atoms with Gasteiger partial charge in [0.2, 0.25) is 0 Å². The SMILES string of the molecule is COC(=O)C1(c2ccc3c(c2)CC/C3=N\O)CC1. The van der Waals surface area contributed by atoms with Crippen LogP contribution in [0.15, 0.2) is 23.4 Å². The number of nitrogens with zero attached hydrogens (tertiary/aromatic N) is 1. The van der Waals surface area contributed by atoms with Gasteiger partial charge in [0.15, 0.2) is 0 Å². The highest BCUT2D eigenvalue weighted by molar-refractivity contribution is 6.04. The maximum Gasteiger partial charge on any atom is 0.316 e. The van der Waals surface area contributed by atoms with Crippen molar-refractivity contribution in [2.24, 2.45) is 5.16 Å². The Morgan fingerprint density at radius 3 is 2.78 bits per heavy atom. The molecule has 3 rings (SSSR count). The molecule has 4 nitrogen and oxygen atoms in total. The highest BCUT2D eigenvalue weighted by Gasteiger charge is 2.52. The van der Waals surface area contributed by atoms with Crippen LogP contribution in [0.2, 0.25) is 0 Å². The van der Waals surface area contributed by atoms with Gasteiger partial charge in [-0.25, -0.2) is 0 Å². The number of hydrogen-bond acceptors (Lipinski definition) is 4. The normalized spacial score (nSPS) is 21.7. The second kappa shape index (κ2) is 3.83. The Kier molecular flexibility index (Phi) is 2.40. The zero-order chi connectivity index (χ0) is 12.8. The molecule has 0 amide bonds. The fourth-order valence-corrected chi connectivity index (χ4v) is 2.80. The third kappa shape index (κ3) is 1.45. The highest BCUT2D eigenvalue weighted by atomic mass is 16.5. The van der Waals surface area contributed by atoms with Gasteiger partial charge in [-0.2, -0.15) is 0 Å². The summed E-state index contributed by atoms with van der Waals surface area (Å²) in [5.41, 5.74) is 3.52. The monoisotopic (exact) mass is 245 g/mol. The first-order chi connectivity index (χ1) is 8.71. The first-order valence-corrected chi connectivity index (χ1v) is 6.14. The summed E-state index contributed by atoms with van der Waals surface area (Å²) in [5, 5.41) is 12.2. The molecule has 1 N–H and O–H groups in total. The van der Waals surface area contributed by atoms with Crippen LogP contribution in [0.3, 0.4) is 0 Å². The zero-order valence-corrected chi connectivity index (χ0v) is 10.3. The highest BCUT2D eigenvalue weighted by Crippen LogP contribution is 2.49. The fraction of sp³-hybridized carbons (Fsp3) is 0.429. The molecule has 0 unspecified atom stereocenters. The molecule has 0 aromatic heterocycles. The summed E-state index contributed by atoms with van der Waals surface area (Å²) < 4.78 is 4.89. The summed E-state index contributed by atoms with van der Waals surface area (Å²) in [4.78, 5) is 11.8. The van der Waals surface area contributed by atoms with Gasteiger partial charge in [-0.05, 0) is 36.8 Å². The van der Waals surface area contributed by atoms with Gasteiger partial charge in [-0.1, -0.05) is 23.4 Å². The molecule has 0 bridgehead atoms. The summed E-state index contributed by atoms with van der Waals surface area (Å²) in [6.45, 7) is 0. The van der Waals surface area contributed by atoms with E-state index >= 15 is 0 Å². The maximum atomic E-state index is 11.8. The number of esters is 1. The van der Waals surface area contributed by atoms with Crippen molar-refractivity contribution in [2.45, 2.75) is 31.1 Å². The molecule has 0 spiro atoms. The predicted molar refractivity (Wildman–Crippen MR) is 66.0 cm³/mol. The van der Waals surface area contributed by atoms with E-state index in [4.69, 9.17) is 9.94 Å². The van der Waals surface area contributed by atoms with Crippen LogP contribution >= 0.6 is 0 Å². The molecule has 18 heavy (non-hydrogen) atoms. The second-order valence-corrected chi connectivity index (χ2v) is 4.99. The van der Waals surface area contributed by atoms with Crippen LogP contribution in [0, 0.1) is 0 Å². The Balaban J connectivity index is 2.00. The molecule has 1 aromatic rings. The number of ether oxygens (including phenoxy) is 1. The summed E-state index contributed by atoms with van der Waals surface area (Å²) in [6, 6.07) is 5.98. The van der Waals surface area contributed by atoms with E-state index in [0.29, 0.717) is 0 Å². The van der Waals surface area contributed by atoms with E-state index in [9.17, 15) is 4.79 Å². The largest absolute Gasteiger partial charge is 0.468 e. The number of aryl methyl sites for hydroxylation is 1. The molecule has 1 fully saturated rings. The summed E-state index contributed by atoms with van der Waals surface area (Å²) in [6.07, 6.45) is 3.36. The minimum atomic E-state index is -0.414. The number of methoxy groups -OCH3 is 1. The van der Waals surface area contributed by atoms with Gasteiger partial charge in [0.1, 0.15) is 0 Å². The van der Waals surface area contributed by atoms with Crippen LogP contribution in [0.4, 0.5) is 0 Å². The van der Waals surface area contributed by atoms with E-state index in [0.717, 1.165) is 48.1 Å². The first-order valence-electron chi connectivity index (χ1n) is 6.14. The molecule has 2 aliphatic rings. The minimum Gasteiger partial charge on any atom is -0.468 e. The summed E-state index contributed by atoms with van der Waals surface area (Å²) in [5.74, 6) is -0.142. The number of hydrogen-bond donors (Lipinski definition) is 1. The lowest BCUT2D eigenvalue weighted by Gasteiger charge is -2.14. The lowest BCUT2D eigenvalue weighted by atomic mass is 9.93. The smallest absolute Gasteiger partial charge is 0.316 e. The van der Waals surface area contributed by atoms with Crippen molar-refractivity contribution in [1.82, 2.24) is 0 Å². The van der Waals surface area contributed by atoms with Crippen molar-refractivity contribution in [3.8, 4) is 0 Å². The average Bonchev–Trinajstić information content (AvgIpc) is 3.12. The Labute approximate surface area is 105 Å². The minimum absolute atomic E-state index is 0.142. The van der Waals surface area contributed by atoms with Gasteiger partial charge >= 0.3 is 5.97 Å². The summed E-state index contributed by atoms with van der Waals surface area (Å²) in [7, 11) is 1.44. The van der Waals surface area contributed by atoms with Gasteiger partial charge in [0.05, 0.1) is 18.2 Å². The van der Waals surface area contributed by atoms with Crippen molar-refractivity contribution in [1.29, 1.82) is 0 Å². The standard InChI is InChI=1S/C14H15NO3/c1-18-13(16)14(6-7-14)10-3-4-11-9(8-10)2-5-12(11)15-17/h3-4,8,17H,2,5-7H2,1H3/b15-12+. The zero-order valence-electron chi connectivity index (χ0n) is 10.3. The van der Waals surface area contributed by atoms with Crippen LogP contribution in [-0.2, 0) is 21.4 Å². The van der Waals surface area contributed by atoms with E-state index in [1.165, 1.54) is 7.11 Å². The van der Waals surface area contributed by atoms with Crippen LogP contribution in [-0.4, -0.2) is 24.0 Å². The predicted octanol–water partition coefficient (Wildman–Crippen LogP) is 2.02. The number of fused-ring (bicyclic) bond motifs is 1. The molecule has 0 atom stereocenters. The Morgan fingerprint density at radius 2 is 2.17 bits per heavy atom. The van der Waals surface area contributed by atoms with Crippen molar-refractivity contribution in [3.63, 3.8) is 0 Å². The molecule has 0 aliphatic heterocycles. The van der Waals surface area contributed by atoms with Gasteiger partial charge in [0, 0.05) is 5.56 Å². The van der Waals surface area contributed by atoms with Crippen molar-refractivity contribution >= 4 is 11.7 Å². The third-order valence-corrected chi connectivity index (χ3v) is 4.05. The van der Waals surface area contributed by atoms with Crippen molar-refractivity contribution < 1.29 is 14.7 Å². The molecule has 0 radical (unpaired) electrons. The topological polar surface area (TPSA) is 58.9 Å². The lowest BCUT2D eigenvalue weighted by Crippen LogP contribution is -2.22. The number of oxime groups is 1. The van der Waals surface area contributed by atoms with E-state index < -0.39 is 5.41 Å². The Hall–Kier alpha value is -1.84. The quantitative estimate of drug-likeness (QED) is 0.492. The lowest BCUT2D eigenvalue weighted by molar-refractivity contribution is -0.143. The van der Waals surface area contributed by atoms with Gasteiger partial charge in [-0.3, -0.25) is 4.79 Å². The summed E-state index contributed by atoms with van der Waals surface area (Å²) >= 11 is 0. The van der Waals surface area contributed by atoms with Crippen LogP contribution in [0.5, 0.6) is 0 Å². The number of carbonyl (C=O) groups is 1. The van der Waals surface area contributed by atoms with Crippen LogP contribution in [0.25, 0.3) is 0 Å². The van der Waals surface area contributed by atoms with E-state index in [2.05, 4.69) is 11.2 Å². The molecular formula is C14H15NO3. The second-order valence-electron chi connectivity index (χ2n) is 4.99. The molecule has 94 valence electrons. The molecular weight excluding hydrogens is 230 g/mol. The average molecular weight is 245 g/mol.